The summed E-state index contributed by atoms with van der Waals surface area (Å²) in [5.74, 6) is -0.216. The van der Waals surface area contributed by atoms with Crippen molar-refractivity contribution in [1.29, 1.82) is 0 Å². The molecule has 1 rings (SSSR count). The second-order valence-electron chi connectivity index (χ2n) is 4.42. The molecule has 0 heterocycles. The van der Waals surface area contributed by atoms with Gasteiger partial charge in [0, 0.05) is 17.1 Å². The van der Waals surface area contributed by atoms with Gasteiger partial charge >= 0.3 is 0 Å². The van der Waals surface area contributed by atoms with Gasteiger partial charge in [0.1, 0.15) is 0 Å². The van der Waals surface area contributed by atoms with Crippen LogP contribution < -0.4 is 5.32 Å². The van der Waals surface area contributed by atoms with Crippen LogP contribution in [0.1, 0.15) is 19.4 Å². The van der Waals surface area contributed by atoms with E-state index < -0.39 is 5.60 Å². The van der Waals surface area contributed by atoms with Crippen LogP contribution in [0, 0.1) is 0 Å². The average Bonchev–Trinajstić information content (AvgIpc) is 2.23. The largest absolute Gasteiger partial charge is 0.389 e. The van der Waals surface area contributed by atoms with Crippen LogP contribution in [0.15, 0.2) is 34.8 Å². The van der Waals surface area contributed by atoms with E-state index in [0.717, 1.165) is 10.0 Å². The van der Waals surface area contributed by atoms with E-state index in [-0.39, 0.29) is 12.5 Å². The molecular weight excluding hydrogens is 282 g/mol. The van der Waals surface area contributed by atoms with Crippen LogP contribution in [0.2, 0.25) is 0 Å². The Bertz CT molecular complexity index is 422. The summed E-state index contributed by atoms with van der Waals surface area (Å²) in [4.78, 5) is 11.4. The molecule has 0 radical (unpaired) electrons. The van der Waals surface area contributed by atoms with Crippen LogP contribution >= 0.6 is 15.9 Å². The highest BCUT2D eigenvalue weighted by Gasteiger charge is 2.12. The highest BCUT2D eigenvalue weighted by atomic mass is 79.9. The van der Waals surface area contributed by atoms with Crippen LogP contribution in [-0.2, 0) is 4.79 Å². The fraction of sp³-hybridized carbons (Fsp3) is 0.308. The normalized spacial score (nSPS) is 11.8. The second-order valence-corrected chi connectivity index (χ2v) is 5.33. The summed E-state index contributed by atoms with van der Waals surface area (Å²) in [6, 6.07) is 7.65. The fourth-order valence-corrected chi connectivity index (χ4v) is 1.56. The van der Waals surface area contributed by atoms with Gasteiger partial charge in [-0.25, -0.2) is 0 Å². The maximum Gasteiger partial charge on any atom is 0.244 e. The van der Waals surface area contributed by atoms with Crippen molar-refractivity contribution in [3.05, 3.63) is 40.4 Å². The number of nitrogens with one attached hydrogen (secondary N) is 1. The number of aliphatic hydroxyl groups is 1. The third-order valence-corrected chi connectivity index (χ3v) is 2.46. The molecule has 0 saturated heterocycles. The van der Waals surface area contributed by atoms with Crippen molar-refractivity contribution in [2.24, 2.45) is 0 Å². The molecule has 0 aliphatic rings. The molecule has 0 fully saturated rings. The van der Waals surface area contributed by atoms with E-state index in [1.54, 1.807) is 19.9 Å². The summed E-state index contributed by atoms with van der Waals surface area (Å²) in [7, 11) is 0. The van der Waals surface area contributed by atoms with Gasteiger partial charge in [0.15, 0.2) is 0 Å². The summed E-state index contributed by atoms with van der Waals surface area (Å²) in [5, 5.41) is 12.1. The molecule has 0 spiro atoms. The van der Waals surface area contributed by atoms with E-state index in [0.29, 0.717) is 0 Å². The number of amides is 1. The smallest absolute Gasteiger partial charge is 0.244 e. The van der Waals surface area contributed by atoms with Crippen LogP contribution in [-0.4, -0.2) is 23.2 Å². The average molecular weight is 298 g/mol. The molecule has 3 nitrogen and oxygen atoms in total. The standard InChI is InChI=1S/C13H16BrNO2/c1-13(2,17)9-15-12(16)7-6-10-4-3-5-11(14)8-10/h3-8,17H,9H2,1-2H3,(H,15,16). The zero-order chi connectivity index (χ0) is 12.9. The number of carbonyl (C=O) groups excluding carboxylic acids is 1. The van der Waals surface area contributed by atoms with Gasteiger partial charge in [0.05, 0.1) is 5.60 Å². The lowest BCUT2D eigenvalue weighted by Gasteiger charge is -2.16. The monoisotopic (exact) mass is 297 g/mol. The highest BCUT2D eigenvalue weighted by Crippen LogP contribution is 2.12. The maximum absolute atomic E-state index is 11.4. The van der Waals surface area contributed by atoms with Gasteiger partial charge < -0.3 is 10.4 Å². The molecule has 1 aromatic rings. The summed E-state index contributed by atoms with van der Waals surface area (Å²) in [5.41, 5.74) is 0.0528. The molecule has 0 unspecified atom stereocenters. The number of benzene rings is 1. The minimum absolute atomic E-state index is 0.216. The molecule has 1 aromatic carbocycles. The third kappa shape index (κ3) is 6.24. The lowest BCUT2D eigenvalue weighted by Crippen LogP contribution is -2.37. The van der Waals surface area contributed by atoms with E-state index in [9.17, 15) is 9.90 Å². The van der Waals surface area contributed by atoms with Gasteiger partial charge in [-0.3, -0.25) is 4.79 Å². The minimum atomic E-state index is -0.890. The minimum Gasteiger partial charge on any atom is -0.389 e. The van der Waals surface area contributed by atoms with Gasteiger partial charge in [-0.05, 0) is 37.6 Å². The van der Waals surface area contributed by atoms with Gasteiger partial charge in [-0.1, -0.05) is 28.1 Å². The lowest BCUT2D eigenvalue weighted by atomic mass is 10.1. The number of rotatable bonds is 4. The molecule has 92 valence electrons. The Balaban J connectivity index is 2.51. The zero-order valence-corrected chi connectivity index (χ0v) is 11.5. The summed E-state index contributed by atoms with van der Waals surface area (Å²) in [6.07, 6.45) is 3.18. The molecule has 0 saturated carbocycles. The molecular formula is C13H16BrNO2. The van der Waals surface area contributed by atoms with Crippen molar-refractivity contribution < 1.29 is 9.90 Å². The van der Waals surface area contributed by atoms with Crippen LogP contribution in [0.3, 0.4) is 0 Å². The SMILES string of the molecule is CC(C)(O)CNC(=O)C=Cc1cccc(Br)c1. The Hall–Kier alpha value is -1.13. The van der Waals surface area contributed by atoms with Crippen molar-refractivity contribution in [1.82, 2.24) is 5.32 Å². The Kier molecular flexibility index (Phi) is 4.90. The molecule has 4 heteroatoms. The summed E-state index contributed by atoms with van der Waals surface area (Å²) >= 11 is 3.36. The Labute approximate surface area is 110 Å². The molecule has 1 amide bonds. The lowest BCUT2D eigenvalue weighted by molar-refractivity contribution is -0.117. The first-order valence-electron chi connectivity index (χ1n) is 5.31. The van der Waals surface area contributed by atoms with Crippen LogP contribution in [0.25, 0.3) is 6.08 Å². The molecule has 0 atom stereocenters. The van der Waals surface area contributed by atoms with Crippen molar-refractivity contribution >= 4 is 27.9 Å². The van der Waals surface area contributed by atoms with Gasteiger partial charge in [-0.2, -0.15) is 0 Å². The topological polar surface area (TPSA) is 49.3 Å². The van der Waals surface area contributed by atoms with Crippen LogP contribution in [0.4, 0.5) is 0 Å². The van der Waals surface area contributed by atoms with Crippen molar-refractivity contribution in [3.63, 3.8) is 0 Å². The predicted octanol–water partition coefficient (Wildman–Crippen LogP) is 2.35. The van der Waals surface area contributed by atoms with E-state index in [1.165, 1.54) is 6.08 Å². The second kappa shape index (κ2) is 5.98. The maximum atomic E-state index is 11.4. The Morgan fingerprint density at radius 3 is 2.82 bits per heavy atom. The molecule has 17 heavy (non-hydrogen) atoms. The number of hydrogen-bond acceptors (Lipinski definition) is 2. The zero-order valence-electron chi connectivity index (χ0n) is 9.90. The summed E-state index contributed by atoms with van der Waals surface area (Å²) in [6.45, 7) is 3.52. The first-order chi connectivity index (χ1) is 7.87. The number of hydrogen-bond donors (Lipinski definition) is 2. The first kappa shape index (κ1) is 13.9. The Morgan fingerprint density at radius 2 is 2.24 bits per heavy atom. The molecule has 2 N–H and O–H groups in total. The molecule has 0 aromatic heterocycles. The fourth-order valence-electron chi connectivity index (χ4n) is 1.14. The quantitative estimate of drug-likeness (QED) is 0.838. The van der Waals surface area contributed by atoms with E-state index in [4.69, 9.17) is 0 Å². The third-order valence-electron chi connectivity index (χ3n) is 1.97. The van der Waals surface area contributed by atoms with Gasteiger partial charge in [-0.15, -0.1) is 0 Å². The van der Waals surface area contributed by atoms with Crippen molar-refractivity contribution in [2.75, 3.05) is 6.54 Å². The molecule has 0 bridgehead atoms. The Morgan fingerprint density at radius 1 is 1.53 bits per heavy atom. The van der Waals surface area contributed by atoms with E-state index in [1.807, 2.05) is 24.3 Å². The van der Waals surface area contributed by atoms with E-state index >= 15 is 0 Å². The predicted molar refractivity (Wildman–Crippen MR) is 72.5 cm³/mol. The number of halogens is 1. The number of carbonyl (C=O) groups is 1. The van der Waals surface area contributed by atoms with Crippen molar-refractivity contribution in [2.45, 2.75) is 19.4 Å². The van der Waals surface area contributed by atoms with Gasteiger partial charge in [0.2, 0.25) is 5.91 Å². The van der Waals surface area contributed by atoms with Crippen LogP contribution in [0.5, 0.6) is 0 Å². The van der Waals surface area contributed by atoms with Crippen molar-refractivity contribution in [3.8, 4) is 0 Å². The first-order valence-corrected chi connectivity index (χ1v) is 6.10. The van der Waals surface area contributed by atoms with E-state index in [2.05, 4.69) is 21.2 Å². The molecule has 0 aliphatic carbocycles. The summed E-state index contributed by atoms with van der Waals surface area (Å²) < 4.78 is 0.969. The van der Waals surface area contributed by atoms with Gasteiger partial charge in [0.25, 0.3) is 0 Å². The highest BCUT2D eigenvalue weighted by molar-refractivity contribution is 9.10. The molecule has 0 aliphatic heterocycles.